The van der Waals surface area contributed by atoms with E-state index in [0.29, 0.717) is 11.6 Å². The normalized spacial score (nSPS) is 27.5. The number of rotatable bonds is 2. The van der Waals surface area contributed by atoms with E-state index >= 15 is 0 Å². The predicted molar refractivity (Wildman–Crippen MR) is 88.9 cm³/mol. The van der Waals surface area contributed by atoms with Crippen molar-refractivity contribution in [2.45, 2.75) is 30.9 Å². The minimum Gasteiger partial charge on any atom is -0.379 e. The second-order valence-electron chi connectivity index (χ2n) is 7.03. The molecule has 1 spiro atoms. The summed E-state index contributed by atoms with van der Waals surface area (Å²) in [6.45, 7) is 6.03. The van der Waals surface area contributed by atoms with Gasteiger partial charge in [-0.05, 0) is 31.4 Å². The van der Waals surface area contributed by atoms with Crippen LogP contribution in [0.5, 0.6) is 0 Å². The quantitative estimate of drug-likeness (QED) is 0.814. The summed E-state index contributed by atoms with van der Waals surface area (Å²) < 4.78 is 11.7. The maximum Gasteiger partial charge on any atom is 0.255 e. The lowest BCUT2D eigenvalue weighted by Crippen LogP contribution is -2.48. The molecule has 0 bridgehead atoms. The lowest BCUT2D eigenvalue weighted by Gasteiger charge is -2.39. The highest BCUT2D eigenvalue weighted by atomic mass is 16.5. The Morgan fingerprint density at radius 2 is 2.00 bits per heavy atom. The molecule has 3 aliphatic heterocycles. The SMILES string of the molecule is O=C(c1cccnc1)N1CCC2(CC1)CC(N1CCOCC1)CO2. The van der Waals surface area contributed by atoms with Crippen LogP contribution >= 0.6 is 0 Å². The summed E-state index contributed by atoms with van der Waals surface area (Å²) in [6.07, 6.45) is 6.29. The van der Waals surface area contributed by atoms with Gasteiger partial charge in [0.2, 0.25) is 0 Å². The summed E-state index contributed by atoms with van der Waals surface area (Å²) in [5, 5.41) is 0. The Kier molecular flexibility index (Phi) is 4.52. The Morgan fingerprint density at radius 3 is 2.71 bits per heavy atom. The minimum atomic E-state index is -0.0330. The van der Waals surface area contributed by atoms with Gasteiger partial charge in [-0.15, -0.1) is 0 Å². The minimum absolute atomic E-state index is 0.0330. The zero-order valence-electron chi connectivity index (χ0n) is 14.0. The first kappa shape index (κ1) is 16.0. The van der Waals surface area contributed by atoms with Crippen LogP contribution < -0.4 is 0 Å². The second kappa shape index (κ2) is 6.78. The molecule has 1 amide bonds. The van der Waals surface area contributed by atoms with Crippen molar-refractivity contribution in [3.63, 3.8) is 0 Å². The van der Waals surface area contributed by atoms with Gasteiger partial charge in [0.15, 0.2) is 0 Å². The molecule has 0 aromatic carbocycles. The zero-order chi connectivity index (χ0) is 16.4. The van der Waals surface area contributed by atoms with Gasteiger partial charge in [-0.3, -0.25) is 14.7 Å². The van der Waals surface area contributed by atoms with Crippen molar-refractivity contribution in [1.82, 2.24) is 14.8 Å². The number of carbonyl (C=O) groups excluding carboxylic acids is 1. The maximum absolute atomic E-state index is 12.5. The maximum atomic E-state index is 12.5. The summed E-state index contributed by atoms with van der Waals surface area (Å²) in [7, 11) is 0. The highest BCUT2D eigenvalue weighted by molar-refractivity contribution is 5.93. The molecule has 1 aromatic heterocycles. The van der Waals surface area contributed by atoms with Crippen LogP contribution in [0.4, 0.5) is 0 Å². The monoisotopic (exact) mass is 331 g/mol. The summed E-state index contributed by atoms with van der Waals surface area (Å²) in [4.78, 5) is 21.0. The molecule has 0 aliphatic carbocycles. The van der Waals surface area contributed by atoms with Crippen LogP contribution in [-0.2, 0) is 9.47 Å². The van der Waals surface area contributed by atoms with Gasteiger partial charge in [0.05, 0.1) is 31.0 Å². The van der Waals surface area contributed by atoms with E-state index in [1.54, 1.807) is 12.4 Å². The van der Waals surface area contributed by atoms with Crippen LogP contribution in [0.2, 0.25) is 0 Å². The van der Waals surface area contributed by atoms with E-state index in [-0.39, 0.29) is 11.5 Å². The number of morpholine rings is 1. The average molecular weight is 331 g/mol. The number of hydrogen-bond acceptors (Lipinski definition) is 5. The van der Waals surface area contributed by atoms with Gasteiger partial charge in [0, 0.05) is 44.6 Å². The van der Waals surface area contributed by atoms with E-state index < -0.39 is 0 Å². The van der Waals surface area contributed by atoms with Crippen LogP contribution in [-0.4, -0.2) is 78.3 Å². The topological polar surface area (TPSA) is 54.9 Å². The molecule has 0 saturated carbocycles. The molecule has 3 aliphatic rings. The van der Waals surface area contributed by atoms with Gasteiger partial charge in [0.25, 0.3) is 5.91 Å². The number of piperidine rings is 1. The Bertz CT molecular complexity index is 566. The molecule has 130 valence electrons. The smallest absolute Gasteiger partial charge is 0.255 e. The Balaban J connectivity index is 1.33. The standard InChI is InChI=1S/C18H25N3O3/c22-17(15-2-1-5-19-13-15)21-6-3-18(4-7-21)12-16(14-24-18)20-8-10-23-11-9-20/h1-2,5,13,16H,3-4,6-12,14H2. The number of nitrogens with zero attached hydrogens (tertiary/aromatic N) is 3. The van der Waals surface area contributed by atoms with Crippen molar-refractivity contribution in [3.05, 3.63) is 30.1 Å². The molecule has 24 heavy (non-hydrogen) atoms. The molecule has 0 radical (unpaired) electrons. The molecule has 1 unspecified atom stereocenters. The number of ether oxygens (including phenoxy) is 2. The van der Waals surface area contributed by atoms with Crippen molar-refractivity contribution in [1.29, 1.82) is 0 Å². The Morgan fingerprint density at radius 1 is 1.21 bits per heavy atom. The highest BCUT2D eigenvalue weighted by Gasteiger charge is 2.45. The molecule has 1 aromatic rings. The Labute approximate surface area is 142 Å². The first-order chi connectivity index (χ1) is 11.8. The van der Waals surface area contributed by atoms with Gasteiger partial charge in [-0.2, -0.15) is 0 Å². The molecule has 4 rings (SSSR count). The van der Waals surface area contributed by atoms with Gasteiger partial charge in [-0.25, -0.2) is 0 Å². The highest BCUT2D eigenvalue weighted by Crippen LogP contribution is 2.38. The fraction of sp³-hybridized carbons (Fsp3) is 0.667. The average Bonchev–Trinajstić information content (AvgIpc) is 3.07. The van der Waals surface area contributed by atoms with Gasteiger partial charge >= 0.3 is 0 Å². The molecule has 1 atom stereocenters. The molecule has 3 fully saturated rings. The number of likely N-dealkylation sites (tertiary alicyclic amines) is 1. The lowest BCUT2D eigenvalue weighted by atomic mass is 9.87. The van der Waals surface area contributed by atoms with Crippen LogP contribution in [0.25, 0.3) is 0 Å². The van der Waals surface area contributed by atoms with Crippen LogP contribution in [0, 0.1) is 0 Å². The molecule has 6 heteroatoms. The van der Waals surface area contributed by atoms with E-state index in [0.717, 1.165) is 65.3 Å². The third-order valence-corrected chi connectivity index (χ3v) is 5.62. The third kappa shape index (κ3) is 3.18. The van der Waals surface area contributed by atoms with Crippen LogP contribution in [0.15, 0.2) is 24.5 Å². The van der Waals surface area contributed by atoms with Crippen molar-refractivity contribution < 1.29 is 14.3 Å². The number of carbonyl (C=O) groups is 1. The van der Waals surface area contributed by atoms with Crippen LogP contribution in [0.3, 0.4) is 0 Å². The largest absolute Gasteiger partial charge is 0.379 e. The van der Waals surface area contributed by atoms with Gasteiger partial charge in [0.1, 0.15) is 0 Å². The van der Waals surface area contributed by atoms with Crippen molar-refractivity contribution in [2.24, 2.45) is 0 Å². The third-order valence-electron chi connectivity index (χ3n) is 5.62. The molecular weight excluding hydrogens is 306 g/mol. The van der Waals surface area contributed by atoms with E-state index in [2.05, 4.69) is 9.88 Å². The van der Waals surface area contributed by atoms with Gasteiger partial charge in [-0.1, -0.05) is 0 Å². The first-order valence-electron chi connectivity index (χ1n) is 8.91. The van der Waals surface area contributed by atoms with Crippen molar-refractivity contribution in [3.8, 4) is 0 Å². The van der Waals surface area contributed by atoms with Gasteiger partial charge < -0.3 is 14.4 Å². The Hall–Kier alpha value is -1.50. The van der Waals surface area contributed by atoms with E-state index in [1.165, 1.54) is 0 Å². The summed E-state index contributed by atoms with van der Waals surface area (Å²) in [5.41, 5.74) is 0.640. The predicted octanol–water partition coefficient (Wildman–Crippen LogP) is 1.18. The molecule has 4 heterocycles. The van der Waals surface area contributed by atoms with E-state index in [4.69, 9.17) is 9.47 Å². The fourth-order valence-electron chi connectivity index (χ4n) is 4.13. The molecule has 3 saturated heterocycles. The molecule has 0 N–H and O–H groups in total. The van der Waals surface area contributed by atoms with Crippen LogP contribution in [0.1, 0.15) is 29.6 Å². The summed E-state index contributed by atoms with van der Waals surface area (Å²) >= 11 is 0. The number of hydrogen-bond donors (Lipinski definition) is 0. The number of amides is 1. The zero-order valence-corrected chi connectivity index (χ0v) is 14.0. The first-order valence-corrected chi connectivity index (χ1v) is 8.91. The number of pyridine rings is 1. The summed E-state index contributed by atoms with van der Waals surface area (Å²) in [5.74, 6) is 0.0840. The molecule has 6 nitrogen and oxygen atoms in total. The lowest BCUT2D eigenvalue weighted by molar-refractivity contribution is -0.0401. The van der Waals surface area contributed by atoms with E-state index in [1.807, 2.05) is 17.0 Å². The van der Waals surface area contributed by atoms with Crippen molar-refractivity contribution in [2.75, 3.05) is 46.0 Å². The molecular formula is C18H25N3O3. The fourth-order valence-corrected chi connectivity index (χ4v) is 4.13. The number of aromatic nitrogens is 1. The van der Waals surface area contributed by atoms with Crippen molar-refractivity contribution >= 4 is 5.91 Å². The second-order valence-corrected chi connectivity index (χ2v) is 7.03. The summed E-state index contributed by atoms with van der Waals surface area (Å²) in [6, 6.07) is 4.15. The van der Waals surface area contributed by atoms with E-state index in [9.17, 15) is 4.79 Å².